The van der Waals surface area contributed by atoms with Gasteiger partial charge in [-0.15, -0.1) is 0 Å². The fourth-order valence-corrected chi connectivity index (χ4v) is 12.1. The molecule has 0 unspecified atom stereocenters. The number of benzene rings is 4. The number of hydrogen-bond donors (Lipinski definition) is 4. The van der Waals surface area contributed by atoms with Gasteiger partial charge in [-0.1, -0.05) is 80.1 Å². The molecular weight excluding hydrogens is 907 g/mol. The SMILES string of the molecule is COc1cc(C(=O)N2CCC[C@]3(C[C@H]3C#Cc3cccc4c3CN([C@@H]3CCC(=O)NC3=O)C4=O)C2)ccc1NC(=O)[C@@H]1N[C@@H](CC(C)(C)C)[C@@]2(CNc3cc(Cl)ccc32)[C@H]1c1cccc(Cl)c1F. The zero-order valence-corrected chi connectivity index (χ0v) is 39.9. The number of nitrogens with zero attached hydrogens (tertiary/aromatic N) is 2. The third kappa shape index (κ3) is 7.98. The molecule has 68 heavy (non-hydrogen) atoms. The summed E-state index contributed by atoms with van der Waals surface area (Å²) in [4.78, 5) is 70.2. The van der Waals surface area contributed by atoms with Crippen LogP contribution in [0.3, 0.4) is 0 Å². The Kier molecular flexibility index (Phi) is 11.6. The van der Waals surface area contributed by atoms with Crippen LogP contribution in [0.4, 0.5) is 15.8 Å². The summed E-state index contributed by atoms with van der Waals surface area (Å²) in [5.74, 6) is 4.36. The number of nitrogens with one attached hydrogen (secondary N) is 4. The van der Waals surface area contributed by atoms with Gasteiger partial charge in [0, 0.05) is 88.7 Å². The summed E-state index contributed by atoms with van der Waals surface area (Å²) in [6.45, 7) is 8.25. The van der Waals surface area contributed by atoms with Crippen LogP contribution in [0.2, 0.25) is 10.0 Å². The van der Waals surface area contributed by atoms with Crippen LogP contribution < -0.4 is 26.0 Å². The van der Waals surface area contributed by atoms with Crippen LogP contribution in [0.15, 0.2) is 72.8 Å². The summed E-state index contributed by atoms with van der Waals surface area (Å²) < 4.78 is 22.2. The van der Waals surface area contributed by atoms with Gasteiger partial charge in [0.2, 0.25) is 17.7 Å². The van der Waals surface area contributed by atoms with Crippen molar-refractivity contribution in [1.29, 1.82) is 0 Å². The number of likely N-dealkylation sites (tertiary alicyclic amines) is 1. The second kappa shape index (κ2) is 17.2. The lowest BCUT2D eigenvalue weighted by Crippen LogP contribution is -2.52. The smallest absolute Gasteiger partial charge is 0.255 e. The Morgan fingerprint density at radius 2 is 1.84 bits per heavy atom. The monoisotopic (exact) mass is 958 g/mol. The minimum absolute atomic E-state index is 0.0274. The average Bonchev–Trinajstić information content (AvgIpc) is 3.51. The fourth-order valence-electron chi connectivity index (χ4n) is 11.8. The lowest BCUT2D eigenvalue weighted by molar-refractivity contribution is -0.137. The summed E-state index contributed by atoms with van der Waals surface area (Å²) in [7, 11) is 1.49. The third-order valence-electron chi connectivity index (χ3n) is 15.1. The van der Waals surface area contributed by atoms with E-state index in [1.807, 2.05) is 29.2 Å². The molecule has 4 fully saturated rings. The molecule has 1 saturated carbocycles. The Bertz CT molecular complexity index is 2870. The highest BCUT2D eigenvalue weighted by atomic mass is 35.5. The van der Waals surface area contributed by atoms with Crippen LogP contribution in [0, 0.1) is 34.4 Å². The Hall–Kier alpha value is -5.94. The van der Waals surface area contributed by atoms with Crippen LogP contribution >= 0.6 is 23.2 Å². The first-order valence-electron chi connectivity index (χ1n) is 23.3. The lowest BCUT2D eigenvalue weighted by Gasteiger charge is -2.39. The van der Waals surface area contributed by atoms with Gasteiger partial charge in [-0.05, 0) is 103 Å². The number of imide groups is 1. The van der Waals surface area contributed by atoms with E-state index in [9.17, 15) is 24.0 Å². The van der Waals surface area contributed by atoms with Crippen LogP contribution in [0.25, 0.3) is 0 Å². The number of hydrogen-bond acceptors (Lipinski definition) is 8. The van der Waals surface area contributed by atoms with Gasteiger partial charge >= 0.3 is 0 Å². The molecule has 0 bridgehead atoms. The summed E-state index contributed by atoms with van der Waals surface area (Å²) in [5.41, 5.74) is 3.88. The molecule has 4 N–H and O–H groups in total. The predicted molar refractivity (Wildman–Crippen MR) is 257 cm³/mol. The highest BCUT2D eigenvalue weighted by Gasteiger charge is 2.62. The molecule has 5 heterocycles. The van der Waals surface area contributed by atoms with Crippen molar-refractivity contribution in [1.82, 2.24) is 20.4 Å². The molecular formula is C53H53Cl2FN6O6. The number of carbonyl (C=O) groups is 5. The number of halogens is 3. The van der Waals surface area contributed by atoms with E-state index in [1.165, 1.54) is 18.1 Å². The molecule has 352 valence electrons. The van der Waals surface area contributed by atoms with E-state index in [0.717, 1.165) is 41.6 Å². The quantitative estimate of drug-likeness (QED) is 0.108. The summed E-state index contributed by atoms with van der Waals surface area (Å²) >= 11 is 12.9. The molecule has 12 nitrogen and oxygen atoms in total. The molecule has 1 aliphatic carbocycles. The van der Waals surface area contributed by atoms with E-state index in [0.29, 0.717) is 59.2 Å². The zero-order chi connectivity index (χ0) is 47.9. The molecule has 2 spiro atoms. The molecule has 10 rings (SSSR count). The maximum Gasteiger partial charge on any atom is 0.255 e. The molecule has 5 amide bonds. The standard InChI is InChI=1S/C53H53Cl2FN6O6/c1-51(2,3)25-42-53(27-57-39-23-32(54)15-16-36(39)53)44(34-10-6-11-37(55)45(34)56)46(59-42)48(65)58-38-17-13-30(22-41(38)68-4)49(66)61-21-7-20-52(28-61)24-31(52)14-12-29-8-5-9-33-35(29)26-62(50(33)67)40-18-19-43(63)60-47(40)64/h5-6,8-11,13,15-17,22-23,31,40,42,44,46,57,59H,7,18-21,24-28H2,1-4H3,(H,58,65)(H,60,63,64)/t31-,40-,42+,44+,46-,52+,53+/m1/s1. The Morgan fingerprint density at radius 1 is 1.03 bits per heavy atom. The van der Waals surface area contributed by atoms with Crippen molar-refractivity contribution in [2.45, 2.75) is 95.3 Å². The van der Waals surface area contributed by atoms with Crippen LogP contribution in [-0.2, 0) is 26.3 Å². The maximum absolute atomic E-state index is 16.3. The highest BCUT2D eigenvalue weighted by molar-refractivity contribution is 6.31. The minimum atomic E-state index is -0.901. The van der Waals surface area contributed by atoms with Gasteiger partial charge in [-0.3, -0.25) is 29.3 Å². The molecule has 15 heteroatoms. The van der Waals surface area contributed by atoms with Gasteiger partial charge in [0.1, 0.15) is 17.6 Å². The van der Waals surface area contributed by atoms with Crippen molar-refractivity contribution in [3.05, 3.63) is 122 Å². The van der Waals surface area contributed by atoms with Gasteiger partial charge in [0.15, 0.2) is 0 Å². The van der Waals surface area contributed by atoms with E-state index in [1.54, 1.807) is 42.5 Å². The second-order valence-electron chi connectivity index (χ2n) is 20.5. The van der Waals surface area contributed by atoms with Crippen molar-refractivity contribution in [2.24, 2.45) is 16.7 Å². The first-order valence-corrected chi connectivity index (χ1v) is 24.1. The summed E-state index contributed by atoms with van der Waals surface area (Å²) in [5, 5.41) is 13.2. The highest BCUT2D eigenvalue weighted by Crippen LogP contribution is 2.59. The van der Waals surface area contributed by atoms with E-state index in [4.69, 9.17) is 27.9 Å². The maximum atomic E-state index is 16.3. The number of rotatable bonds is 7. The minimum Gasteiger partial charge on any atom is -0.495 e. The number of methoxy groups -OCH3 is 1. The normalized spacial score (nSPS) is 27.0. The van der Waals surface area contributed by atoms with Gasteiger partial charge in [0.05, 0.1) is 23.9 Å². The number of anilines is 2. The predicted octanol–water partition coefficient (Wildman–Crippen LogP) is 8.06. The molecule has 7 atom stereocenters. The molecule has 0 radical (unpaired) electrons. The van der Waals surface area contributed by atoms with Crippen molar-refractivity contribution in [2.75, 3.05) is 37.4 Å². The van der Waals surface area contributed by atoms with Gasteiger partial charge < -0.3 is 30.5 Å². The first-order chi connectivity index (χ1) is 32.5. The second-order valence-corrected chi connectivity index (χ2v) is 21.4. The Labute approximate surface area is 405 Å². The first kappa shape index (κ1) is 45.8. The van der Waals surface area contributed by atoms with Crippen LogP contribution in [-0.4, -0.2) is 84.2 Å². The number of amides is 5. The zero-order valence-electron chi connectivity index (χ0n) is 38.4. The average molecular weight is 960 g/mol. The Morgan fingerprint density at radius 3 is 2.62 bits per heavy atom. The van der Waals surface area contributed by atoms with E-state index in [-0.39, 0.29) is 70.8 Å². The fraction of sp³-hybridized carbons (Fsp3) is 0.415. The van der Waals surface area contributed by atoms with Crippen molar-refractivity contribution in [3.8, 4) is 17.6 Å². The lowest BCUT2D eigenvalue weighted by atomic mass is 9.63. The summed E-state index contributed by atoms with van der Waals surface area (Å²) in [6, 6.07) is 19.2. The molecule has 6 aliphatic rings. The van der Waals surface area contributed by atoms with Crippen molar-refractivity contribution in [3.63, 3.8) is 0 Å². The Balaban J connectivity index is 0.864. The van der Waals surface area contributed by atoms with Crippen LogP contribution in [0.5, 0.6) is 5.75 Å². The number of piperidine rings is 2. The molecule has 3 saturated heterocycles. The molecule has 0 aromatic heterocycles. The van der Waals surface area contributed by atoms with Gasteiger partial charge in [0.25, 0.3) is 11.8 Å². The third-order valence-corrected chi connectivity index (χ3v) is 15.6. The number of fused-ring (bicyclic) bond motifs is 3. The van der Waals surface area contributed by atoms with E-state index < -0.39 is 35.1 Å². The number of carbonyl (C=O) groups excluding carboxylic acids is 5. The van der Waals surface area contributed by atoms with Crippen molar-refractivity contribution >= 4 is 64.1 Å². The molecule has 5 aliphatic heterocycles. The molecule has 4 aromatic carbocycles. The molecule has 4 aromatic rings. The largest absolute Gasteiger partial charge is 0.495 e. The van der Waals surface area contributed by atoms with Gasteiger partial charge in [-0.2, -0.15) is 0 Å². The van der Waals surface area contributed by atoms with Crippen molar-refractivity contribution < 1.29 is 33.1 Å². The van der Waals surface area contributed by atoms with Gasteiger partial charge in [-0.25, -0.2) is 4.39 Å². The number of ether oxygens (including phenoxy) is 1. The van der Waals surface area contributed by atoms with E-state index in [2.05, 4.69) is 53.9 Å². The topological polar surface area (TPSA) is 149 Å². The van der Waals surface area contributed by atoms with E-state index >= 15 is 4.39 Å². The summed E-state index contributed by atoms with van der Waals surface area (Å²) in [6.07, 6.45) is 3.74. The van der Waals surface area contributed by atoms with Crippen LogP contribution in [0.1, 0.15) is 108 Å².